The van der Waals surface area contributed by atoms with Gasteiger partial charge < -0.3 is 10.1 Å². The molecule has 1 N–H and O–H groups in total. The Morgan fingerprint density at radius 2 is 2.19 bits per heavy atom. The van der Waals surface area contributed by atoms with Gasteiger partial charge in [0.05, 0.1) is 5.60 Å². The predicted octanol–water partition coefficient (Wildman–Crippen LogP) is 3.36. The lowest BCUT2D eigenvalue weighted by Crippen LogP contribution is -2.46. The summed E-state index contributed by atoms with van der Waals surface area (Å²) < 4.78 is 6.22. The fourth-order valence-electron chi connectivity index (χ4n) is 2.74. The van der Waals surface area contributed by atoms with E-state index >= 15 is 0 Å². The number of likely N-dealkylation sites (N-methyl/N-ethyl adjacent to an activating group) is 1. The summed E-state index contributed by atoms with van der Waals surface area (Å²) in [7, 11) is 0. The van der Waals surface area contributed by atoms with Crippen molar-refractivity contribution in [1.29, 1.82) is 0 Å². The first kappa shape index (κ1) is 14.0. The van der Waals surface area contributed by atoms with Crippen molar-refractivity contribution in [2.45, 2.75) is 64.9 Å². The molecule has 0 bridgehead atoms. The van der Waals surface area contributed by atoms with Crippen molar-refractivity contribution in [3.05, 3.63) is 0 Å². The minimum Gasteiger partial charge on any atom is -0.374 e. The molecule has 2 nitrogen and oxygen atoms in total. The molecular formula is C14H29NO. The Kier molecular flexibility index (Phi) is 6.37. The predicted molar refractivity (Wildman–Crippen MR) is 69.8 cm³/mol. The Morgan fingerprint density at radius 3 is 2.81 bits per heavy atom. The zero-order valence-corrected chi connectivity index (χ0v) is 11.3. The van der Waals surface area contributed by atoms with Crippen LogP contribution in [-0.2, 0) is 4.74 Å². The lowest BCUT2D eigenvalue weighted by atomic mass is 9.78. The number of ether oxygens (including phenoxy) is 1. The molecular weight excluding hydrogens is 198 g/mol. The average molecular weight is 227 g/mol. The van der Waals surface area contributed by atoms with E-state index in [0.717, 1.165) is 25.6 Å². The van der Waals surface area contributed by atoms with Crippen LogP contribution in [-0.4, -0.2) is 25.3 Å². The van der Waals surface area contributed by atoms with E-state index < -0.39 is 0 Å². The summed E-state index contributed by atoms with van der Waals surface area (Å²) in [4.78, 5) is 0. The molecule has 0 aromatic rings. The highest BCUT2D eigenvalue weighted by atomic mass is 16.5. The van der Waals surface area contributed by atoms with E-state index in [1.807, 2.05) is 0 Å². The van der Waals surface area contributed by atoms with Crippen LogP contribution in [0, 0.1) is 5.92 Å². The lowest BCUT2D eigenvalue weighted by Gasteiger charge is -2.40. The van der Waals surface area contributed by atoms with Crippen molar-refractivity contribution in [1.82, 2.24) is 5.32 Å². The smallest absolute Gasteiger partial charge is 0.0808 e. The summed E-state index contributed by atoms with van der Waals surface area (Å²) in [6.45, 7) is 9.79. The average Bonchev–Trinajstić information content (AvgIpc) is 2.27. The third-order valence-electron chi connectivity index (χ3n) is 3.65. The molecule has 0 saturated heterocycles. The molecule has 1 rings (SSSR count). The van der Waals surface area contributed by atoms with Gasteiger partial charge in [0, 0.05) is 13.2 Å². The second-order valence-corrected chi connectivity index (χ2v) is 5.37. The summed E-state index contributed by atoms with van der Waals surface area (Å²) in [6, 6.07) is 0. The first-order valence-corrected chi connectivity index (χ1v) is 7.07. The molecule has 2 atom stereocenters. The number of unbranched alkanes of at least 4 members (excludes halogenated alkanes) is 1. The van der Waals surface area contributed by atoms with Gasteiger partial charge in [-0.25, -0.2) is 0 Å². The Hall–Kier alpha value is -0.0800. The lowest BCUT2D eigenvalue weighted by molar-refractivity contribution is -0.0798. The third-order valence-corrected chi connectivity index (χ3v) is 3.65. The number of nitrogens with one attached hydrogen (secondary N) is 1. The van der Waals surface area contributed by atoms with E-state index in [1.165, 1.54) is 38.5 Å². The van der Waals surface area contributed by atoms with E-state index in [1.54, 1.807) is 0 Å². The first-order chi connectivity index (χ1) is 7.72. The second-order valence-electron chi connectivity index (χ2n) is 5.37. The molecule has 2 heteroatoms. The summed E-state index contributed by atoms with van der Waals surface area (Å²) in [6.07, 6.45) is 7.62. The zero-order valence-electron chi connectivity index (χ0n) is 11.3. The third kappa shape index (κ3) is 4.42. The van der Waals surface area contributed by atoms with Crippen molar-refractivity contribution in [2.24, 2.45) is 5.92 Å². The summed E-state index contributed by atoms with van der Waals surface area (Å²) in [5.74, 6) is 0.828. The van der Waals surface area contributed by atoms with Gasteiger partial charge in [-0.3, -0.25) is 0 Å². The molecule has 16 heavy (non-hydrogen) atoms. The topological polar surface area (TPSA) is 21.3 Å². The van der Waals surface area contributed by atoms with Crippen LogP contribution in [0.25, 0.3) is 0 Å². The van der Waals surface area contributed by atoms with Crippen molar-refractivity contribution >= 4 is 0 Å². The maximum absolute atomic E-state index is 6.22. The maximum atomic E-state index is 6.22. The van der Waals surface area contributed by atoms with Crippen LogP contribution in [0.15, 0.2) is 0 Å². The Morgan fingerprint density at radius 1 is 1.38 bits per heavy atom. The second kappa shape index (κ2) is 7.29. The van der Waals surface area contributed by atoms with Gasteiger partial charge in [0.1, 0.15) is 0 Å². The molecule has 0 aliphatic heterocycles. The largest absolute Gasteiger partial charge is 0.374 e. The molecule has 0 heterocycles. The van der Waals surface area contributed by atoms with E-state index in [9.17, 15) is 0 Å². The van der Waals surface area contributed by atoms with Crippen LogP contribution >= 0.6 is 0 Å². The van der Waals surface area contributed by atoms with Crippen molar-refractivity contribution in [3.8, 4) is 0 Å². The van der Waals surface area contributed by atoms with Crippen LogP contribution in [0.4, 0.5) is 0 Å². The van der Waals surface area contributed by atoms with Crippen molar-refractivity contribution in [2.75, 3.05) is 19.7 Å². The van der Waals surface area contributed by atoms with Crippen LogP contribution in [0.1, 0.15) is 59.3 Å². The van der Waals surface area contributed by atoms with Gasteiger partial charge >= 0.3 is 0 Å². The van der Waals surface area contributed by atoms with Crippen LogP contribution in [0.5, 0.6) is 0 Å². The van der Waals surface area contributed by atoms with Gasteiger partial charge in [0.2, 0.25) is 0 Å². The van der Waals surface area contributed by atoms with Gasteiger partial charge in [-0.2, -0.15) is 0 Å². The quantitative estimate of drug-likeness (QED) is 0.673. The minimum absolute atomic E-state index is 0.142. The Balaban J connectivity index is 2.45. The van der Waals surface area contributed by atoms with E-state index in [4.69, 9.17) is 4.74 Å². The molecule has 1 fully saturated rings. The number of rotatable bonds is 7. The van der Waals surface area contributed by atoms with Gasteiger partial charge in [-0.05, 0) is 31.7 Å². The molecule has 0 aromatic carbocycles. The maximum Gasteiger partial charge on any atom is 0.0808 e. The highest BCUT2D eigenvalue weighted by molar-refractivity contribution is 4.89. The SMILES string of the molecule is CCCCOC1(CNCC)CCCC(C)C1. The molecule has 0 amide bonds. The highest BCUT2D eigenvalue weighted by Crippen LogP contribution is 2.34. The molecule has 0 aromatic heterocycles. The molecule has 0 radical (unpaired) electrons. The molecule has 0 spiro atoms. The van der Waals surface area contributed by atoms with Crippen molar-refractivity contribution < 1.29 is 4.74 Å². The summed E-state index contributed by atoms with van der Waals surface area (Å²) in [5, 5.41) is 3.48. The summed E-state index contributed by atoms with van der Waals surface area (Å²) >= 11 is 0. The summed E-state index contributed by atoms with van der Waals surface area (Å²) in [5.41, 5.74) is 0.142. The first-order valence-electron chi connectivity index (χ1n) is 7.07. The van der Waals surface area contributed by atoms with Crippen LogP contribution < -0.4 is 5.32 Å². The van der Waals surface area contributed by atoms with Gasteiger partial charge in [-0.1, -0.05) is 40.0 Å². The molecule has 1 aliphatic rings. The molecule has 1 aliphatic carbocycles. The number of hydrogen-bond acceptors (Lipinski definition) is 2. The van der Waals surface area contributed by atoms with E-state index in [-0.39, 0.29) is 5.60 Å². The standard InChI is InChI=1S/C14H29NO/c1-4-6-10-16-14(12-15-5-2)9-7-8-13(3)11-14/h13,15H,4-12H2,1-3H3. The minimum atomic E-state index is 0.142. The fraction of sp³-hybridized carbons (Fsp3) is 1.00. The molecule has 96 valence electrons. The Bertz CT molecular complexity index is 184. The number of hydrogen-bond donors (Lipinski definition) is 1. The molecule has 2 unspecified atom stereocenters. The van der Waals surface area contributed by atoms with Gasteiger partial charge in [0.15, 0.2) is 0 Å². The van der Waals surface area contributed by atoms with E-state index in [0.29, 0.717) is 0 Å². The fourth-order valence-corrected chi connectivity index (χ4v) is 2.74. The Labute approximate surface area is 101 Å². The normalized spacial score (nSPS) is 30.6. The van der Waals surface area contributed by atoms with E-state index in [2.05, 4.69) is 26.1 Å². The van der Waals surface area contributed by atoms with Gasteiger partial charge in [0.25, 0.3) is 0 Å². The van der Waals surface area contributed by atoms with Crippen molar-refractivity contribution in [3.63, 3.8) is 0 Å². The van der Waals surface area contributed by atoms with Gasteiger partial charge in [-0.15, -0.1) is 0 Å². The van der Waals surface area contributed by atoms with Crippen LogP contribution in [0.3, 0.4) is 0 Å². The zero-order chi connectivity index (χ0) is 11.9. The molecule has 1 saturated carbocycles. The monoisotopic (exact) mass is 227 g/mol. The highest BCUT2D eigenvalue weighted by Gasteiger charge is 2.35. The van der Waals surface area contributed by atoms with Crippen LogP contribution in [0.2, 0.25) is 0 Å².